The molecule has 0 fully saturated rings. The van der Waals surface area contributed by atoms with Gasteiger partial charge in [0.2, 0.25) is 0 Å². The van der Waals surface area contributed by atoms with Crippen molar-refractivity contribution in [3.63, 3.8) is 0 Å². The maximum Gasteiger partial charge on any atom is 0.275 e. The van der Waals surface area contributed by atoms with Gasteiger partial charge in [-0.15, -0.1) is 0 Å². The Morgan fingerprint density at radius 1 is 1.53 bits per heavy atom. The second kappa shape index (κ2) is 6.10. The number of hydrogen-bond donors (Lipinski definition) is 0. The third-order valence-electron chi connectivity index (χ3n) is 2.49. The largest absolute Gasteiger partial charge is 0.275 e. The first-order chi connectivity index (χ1) is 7.90. The van der Waals surface area contributed by atoms with Gasteiger partial charge in [-0.3, -0.25) is 15.1 Å². The molecule has 0 aliphatic heterocycles. The first kappa shape index (κ1) is 14.1. The molecule has 17 heavy (non-hydrogen) atoms. The number of aromatic nitrogens is 1. The number of rotatable bonds is 5. The molecule has 5 heteroatoms. The van der Waals surface area contributed by atoms with E-state index in [0.717, 1.165) is 18.5 Å². The van der Waals surface area contributed by atoms with E-state index in [4.69, 9.17) is 0 Å². The van der Waals surface area contributed by atoms with Crippen LogP contribution in [0.25, 0.3) is 0 Å². The Bertz CT molecular complexity index is 407. The molecule has 0 saturated carbocycles. The van der Waals surface area contributed by atoms with Crippen molar-refractivity contribution in [2.75, 3.05) is 0 Å². The summed E-state index contributed by atoms with van der Waals surface area (Å²) in [7, 11) is 0. The molecule has 0 amide bonds. The number of alkyl halides is 1. The summed E-state index contributed by atoms with van der Waals surface area (Å²) in [6.45, 7) is 6.01. The summed E-state index contributed by atoms with van der Waals surface area (Å²) in [5, 5.41) is 10.8. The summed E-state index contributed by atoms with van der Waals surface area (Å²) in [5.41, 5.74) is 1.53. The lowest BCUT2D eigenvalue weighted by atomic mass is 10.0. The van der Waals surface area contributed by atoms with Crippen LogP contribution in [0.2, 0.25) is 0 Å². The molecule has 94 valence electrons. The summed E-state index contributed by atoms with van der Waals surface area (Å²) in [5.74, 6) is 0.597. The van der Waals surface area contributed by atoms with Crippen molar-refractivity contribution in [3.05, 3.63) is 33.6 Å². The Morgan fingerprint density at radius 3 is 2.71 bits per heavy atom. The molecule has 1 aromatic heterocycles. The number of hydrogen-bond acceptors (Lipinski definition) is 3. The normalized spacial score (nSPS) is 12.8. The van der Waals surface area contributed by atoms with Crippen molar-refractivity contribution in [2.45, 2.75) is 38.4 Å². The molecule has 1 atom stereocenters. The van der Waals surface area contributed by atoms with Gasteiger partial charge in [0.05, 0.1) is 4.92 Å². The van der Waals surface area contributed by atoms with Crippen molar-refractivity contribution in [1.82, 2.24) is 4.98 Å². The highest BCUT2D eigenvalue weighted by Crippen LogP contribution is 2.21. The van der Waals surface area contributed by atoms with Crippen molar-refractivity contribution in [3.8, 4) is 0 Å². The molecule has 1 heterocycles. The molecule has 0 spiro atoms. The summed E-state index contributed by atoms with van der Waals surface area (Å²) in [6, 6.07) is 1.57. The van der Waals surface area contributed by atoms with E-state index in [1.165, 1.54) is 0 Å². The predicted octanol–water partition coefficient (Wildman–Crippen LogP) is 3.65. The van der Waals surface area contributed by atoms with Gasteiger partial charge in [-0.1, -0.05) is 29.8 Å². The number of nitrogens with zero attached hydrogens (tertiary/aromatic N) is 2. The fourth-order valence-corrected chi connectivity index (χ4v) is 2.76. The lowest BCUT2D eigenvalue weighted by Crippen LogP contribution is -2.08. The minimum atomic E-state index is -0.355. The van der Waals surface area contributed by atoms with Gasteiger partial charge >= 0.3 is 0 Å². The summed E-state index contributed by atoms with van der Waals surface area (Å²) in [6.07, 6.45) is 3.32. The Labute approximate surface area is 110 Å². The quantitative estimate of drug-likeness (QED) is 0.474. The van der Waals surface area contributed by atoms with Gasteiger partial charge in [-0.2, -0.15) is 0 Å². The first-order valence-corrected chi connectivity index (χ1v) is 6.55. The maximum absolute atomic E-state index is 10.8. The van der Waals surface area contributed by atoms with Gasteiger partial charge in [-0.05, 0) is 19.3 Å². The lowest BCUT2D eigenvalue weighted by Gasteiger charge is -2.11. The average Bonchev–Trinajstić information content (AvgIpc) is 2.19. The topological polar surface area (TPSA) is 56.0 Å². The fourth-order valence-electron chi connectivity index (χ4n) is 1.68. The highest BCUT2D eigenvalue weighted by atomic mass is 79.9. The van der Waals surface area contributed by atoms with Crippen LogP contribution in [0.3, 0.4) is 0 Å². The average molecular weight is 301 g/mol. The third kappa shape index (κ3) is 4.42. The van der Waals surface area contributed by atoms with Crippen molar-refractivity contribution in [2.24, 2.45) is 5.92 Å². The molecule has 0 N–H and O–H groups in total. The van der Waals surface area contributed by atoms with Crippen molar-refractivity contribution in [1.29, 1.82) is 0 Å². The first-order valence-electron chi connectivity index (χ1n) is 5.64. The number of nitro groups is 1. The second-order valence-electron chi connectivity index (χ2n) is 4.65. The van der Waals surface area contributed by atoms with Gasteiger partial charge in [0, 0.05) is 34.8 Å². The highest BCUT2D eigenvalue weighted by Gasteiger charge is 2.14. The van der Waals surface area contributed by atoms with Crippen LogP contribution < -0.4 is 0 Å². The van der Waals surface area contributed by atoms with E-state index in [0.29, 0.717) is 16.3 Å². The summed E-state index contributed by atoms with van der Waals surface area (Å²) in [4.78, 5) is 15.0. The molecule has 0 aliphatic carbocycles. The number of aryl methyl sites for hydroxylation is 1. The van der Waals surface area contributed by atoms with E-state index in [1.54, 1.807) is 19.2 Å². The Hall–Kier alpha value is -0.970. The van der Waals surface area contributed by atoms with E-state index in [9.17, 15) is 10.1 Å². The SMILES string of the molecule is Cc1cnc(CC(Br)CC(C)C)cc1[N+](=O)[O-]. The molecule has 1 unspecified atom stereocenters. The van der Waals surface area contributed by atoms with Gasteiger partial charge in [-0.25, -0.2) is 0 Å². The third-order valence-corrected chi connectivity index (χ3v) is 3.18. The Balaban J connectivity index is 2.79. The molecule has 0 aromatic carbocycles. The Kier molecular flexibility index (Phi) is 5.05. The van der Waals surface area contributed by atoms with E-state index < -0.39 is 0 Å². The van der Waals surface area contributed by atoms with E-state index >= 15 is 0 Å². The van der Waals surface area contributed by atoms with Crippen LogP contribution in [-0.4, -0.2) is 14.7 Å². The van der Waals surface area contributed by atoms with E-state index in [1.807, 2.05) is 0 Å². The van der Waals surface area contributed by atoms with E-state index in [-0.39, 0.29) is 10.6 Å². The van der Waals surface area contributed by atoms with Crippen LogP contribution in [0.5, 0.6) is 0 Å². The molecule has 0 saturated heterocycles. The van der Waals surface area contributed by atoms with Gasteiger partial charge in [0.25, 0.3) is 5.69 Å². The minimum Gasteiger partial charge on any atom is -0.260 e. The smallest absolute Gasteiger partial charge is 0.260 e. The molecular weight excluding hydrogens is 284 g/mol. The van der Waals surface area contributed by atoms with Crippen LogP contribution >= 0.6 is 15.9 Å². The molecule has 1 rings (SSSR count). The zero-order chi connectivity index (χ0) is 13.0. The van der Waals surface area contributed by atoms with Crippen molar-refractivity contribution < 1.29 is 4.92 Å². The highest BCUT2D eigenvalue weighted by molar-refractivity contribution is 9.09. The predicted molar refractivity (Wildman–Crippen MR) is 71.5 cm³/mol. The number of halogens is 1. The molecule has 0 radical (unpaired) electrons. The molecule has 0 aliphatic rings. The number of pyridine rings is 1. The van der Waals surface area contributed by atoms with Gasteiger partial charge < -0.3 is 0 Å². The fraction of sp³-hybridized carbons (Fsp3) is 0.583. The lowest BCUT2D eigenvalue weighted by molar-refractivity contribution is -0.385. The summed E-state index contributed by atoms with van der Waals surface area (Å²) < 4.78 is 0. The monoisotopic (exact) mass is 300 g/mol. The van der Waals surface area contributed by atoms with Gasteiger partial charge in [0.15, 0.2) is 0 Å². The van der Waals surface area contributed by atoms with Crippen LogP contribution in [0.4, 0.5) is 5.69 Å². The van der Waals surface area contributed by atoms with Crippen LogP contribution in [-0.2, 0) is 6.42 Å². The maximum atomic E-state index is 10.8. The zero-order valence-corrected chi connectivity index (χ0v) is 11.9. The summed E-state index contributed by atoms with van der Waals surface area (Å²) >= 11 is 3.59. The molecule has 1 aromatic rings. The molecule has 4 nitrogen and oxygen atoms in total. The minimum absolute atomic E-state index is 0.152. The Morgan fingerprint density at radius 2 is 2.18 bits per heavy atom. The molecule has 0 bridgehead atoms. The van der Waals surface area contributed by atoms with Gasteiger partial charge in [0.1, 0.15) is 0 Å². The van der Waals surface area contributed by atoms with E-state index in [2.05, 4.69) is 34.8 Å². The zero-order valence-electron chi connectivity index (χ0n) is 10.3. The molecular formula is C12H17BrN2O2. The van der Waals surface area contributed by atoms with Crippen LogP contribution in [0.15, 0.2) is 12.3 Å². The standard InChI is InChI=1S/C12H17BrN2O2/c1-8(2)4-10(13)5-11-6-12(15(16)17)9(3)7-14-11/h6-8,10H,4-5H2,1-3H3. The second-order valence-corrected chi connectivity index (χ2v) is 5.95. The van der Waals surface area contributed by atoms with Crippen molar-refractivity contribution >= 4 is 21.6 Å². The van der Waals surface area contributed by atoms with Crippen LogP contribution in [0.1, 0.15) is 31.5 Å². The van der Waals surface area contributed by atoms with Crippen LogP contribution in [0, 0.1) is 23.0 Å².